The Hall–Kier alpha value is 0.0397. The summed E-state index contributed by atoms with van der Waals surface area (Å²) in [5, 5.41) is 51.5. The number of rotatable bonds is 5. The van der Waals surface area contributed by atoms with Gasteiger partial charge < -0.3 is 33.5 Å². The average molecular weight is 252 g/mol. The van der Waals surface area contributed by atoms with Crippen LogP contribution in [0.3, 0.4) is 0 Å². The van der Waals surface area contributed by atoms with Gasteiger partial charge in [-0.25, -0.2) is 9.59 Å². The molecule has 0 aromatic heterocycles. The third-order valence-electron chi connectivity index (χ3n) is 1.50. The van der Waals surface area contributed by atoms with E-state index in [1.165, 1.54) is 0 Å². The molecule has 4 atom stereocenters. The number of aliphatic carboxylic acids is 2. The second-order valence-electron chi connectivity index (χ2n) is 2.55. The Kier molecular flexibility index (Phi) is 8.53. The van der Waals surface area contributed by atoms with Gasteiger partial charge in [0.25, 0.3) is 0 Å². The number of carboxylic acids is 2. The van der Waals surface area contributed by atoms with E-state index >= 15 is 0 Å². The van der Waals surface area contributed by atoms with Crippen molar-refractivity contribution in [3.8, 4) is 0 Å². The molecular weight excluding hydrogens is 240 g/mol. The molecule has 0 saturated heterocycles. The topological polar surface area (TPSA) is 156 Å². The van der Waals surface area contributed by atoms with E-state index in [4.69, 9.17) is 30.6 Å². The maximum atomic E-state index is 10.1. The molecule has 86 valence electrons. The Balaban J connectivity index is -0.000000282. The van der Waals surface area contributed by atoms with Gasteiger partial charge in [0.2, 0.25) is 0 Å². The summed E-state index contributed by atoms with van der Waals surface area (Å²) in [5.41, 5.74) is 0. The normalized spacial score (nSPS) is 18.1. The molecule has 8 nitrogen and oxygen atoms in total. The van der Waals surface area contributed by atoms with Crippen molar-refractivity contribution in [2.75, 3.05) is 0 Å². The molecule has 0 radical (unpaired) electrons. The summed E-state index contributed by atoms with van der Waals surface area (Å²) in [6.07, 6.45) is -9.28. The van der Waals surface area contributed by atoms with Gasteiger partial charge in [0.05, 0.1) is 0 Å². The maximum absolute atomic E-state index is 10.1. The van der Waals surface area contributed by atoms with Crippen molar-refractivity contribution in [3.63, 3.8) is 0 Å². The zero-order valence-corrected chi connectivity index (χ0v) is 9.72. The number of carboxylic acid groups (broad SMARTS) is 2. The Morgan fingerprint density at radius 3 is 1.13 bits per heavy atom. The van der Waals surface area contributed by atoms with Crippen LogP contribution in [0.2, 0.25) is 0 Å². The van der Waals surface area contributed by atoms with E-state index < -0.39 is 36.4 Å². The van der Waals surface area contributed by atoms with Crippen molar-refractivity contribution < 1.29 is 43.1 Å². The molecule has 0 amide bonds. The van der Waals surface area contributed by atoms with Gasteiger partial charge in [-0.1, -0.05) is 0 Å². The summed E-state index contributed by atoms with van der Waals surface area (Å²) in [6, 6.07) is 0. The molecule has 6 N–H and O–H groups in total. The second kappa shape index (κ2) is 7.34. The Morgan fingerprint density at radius 1 is 0.800 bits per heavy atom. The zero-order chi connectivity index (χ0) is 11.5. The van der Waals surface area contributed by atoms with Crippen LogP contribution < -0.4 is 0 Å². The summed E-state index contributed by atoms with van der Waals surface area (Å²) in [4.78, 5) is 20.2. The van der Waals surface area contributed by atoms with Gasteiger partial charge >= 0.3 is 49.7 Å². The molecule has 0 bridgehead atoms. The standard InChI is InChI=1S/C6H10O8.Ca.2H/c7-1(3(9)5(11)12)2(8)4(10)6(13)14;;;/h1-4,7-10H,(H,11,12)(H,13,14);;;/q;+2;2*-1. The predicted molar refractivity (Wildman–Crippen MR) is 47.3 cm³/mol. The van der Waals surface area contributed by atoms with E-state index in [1.807, 2.05) is 0 Å². The van der Waals surface area contributed by atoms with Crippen molar-refractivity contribution in [2.45, 2.75) is 24.4 Å². The van der Waals surface area contributed by atoms with Crippen LogP contribution in [0.15, 0.2) is 0 Å². The molecule has 0 aliphatic heterocycles. The Bertz CT molecular complexity index is 216. The smallest absolute Gasteiger partial charge is 1.00 e. The van der Waals surface area contributed by atoms with Gasteiger partial charge in [0.15, 0.2) is 12.2 Å². The molecule has 0 aromatic rings. The van der Waals surface area contributed by atoms with Gasteiger partial charge in [0.1, 0.15) is 12.2 Å². The first-order chi connectivity index (χ1) is 6.29. The first kappa shape index (κ1) is 17.4. The van der Waals surface area contributed by atoms with E-state index in [9.17, 15) is 9.59 Å². The van der Waals surface area contributed by atoms with Crippen LogP contribution in [-0.2, 0) is 9.59 Å². The van der Waals surface area contributed by atoms with Crippen LogP contribution >= 0.6 is 0 Å². The molecule has 9 heteroatoms. The van der Waals surface area contributed by atoms with Gasteiger partial charge in [-0.15, -0.1) is 0 Å². The number of carbonyl (C=O) groups is 2. The fourth-order valence-electron chi connectivity index (χ4n) is 0.666. The molecular formula is C6H12CaO8. The molecule has 0 fully saturated rings. The maximum Gasteiger partial charge on any atom is 2.00 e. The van der Waals surface area contributed by atoms with Gasteiger partial charge in [0, 0.05) is 0 Å². The van der Waals surface area contributed by atoms with Gasteiger partial charge in [-0.05, 0) is 0 Å². The quantitative estimate of drug-likeness (QED) is 0.275. The number of hydrogen-bond acceptors (Lipinski definition) is 6. The minimum Gasteiger partial charge on any atom is -1.00 e. The minimum absolute atomic E-state index is 0. The third kappa shape index (κ3) is 5.07. The molecule has 0 aromatic carbocycles. The largest absolute Gasteiger partial charge is 2.00 e. The van der Waals surface area contributed by atoms with E-state index in [2.05, 4.69) is 0 Å². The van der Waals surface area contributed by atoms with Gasteiger partial charge in [-0.3, -0.25) is 0 Å². The fourth-order valence-corrected chi connectivity index (χ4v) is 0.666. The molecule has 15 heavy (non-hydrogen) atoms. The van der Waals surface area contributed by atoms with Crippen LogP contribution in [0, 0.1) is 0 Å². The van der Waals surface area contributed by atoms with Crippen LogP contribution in [-0.4, -0.2) is 105 Å². The molecule has 4 unspecified atom stereocenters. The first-order valence-corrected chi connectivity index (χ1v) is 3.47. The zero-order valence-electron chi connectivity index (χ0n) is 9.52. The molecule has 0 saturated carbocycles. The summed E-state index contributed by atoms with van der Waals surface area (Å²) in [7, 11) is 0. The Morgan fingerprint density at radius 2 is 1.00 bits per heavy atom. The summed E-state index contributed by atoms with van der Waals surface area (Å²) in [6.45, 7) is 0. The number of aliphatic hydroxyl groups excluding tert-OH is 4. The van der Waals surface area contributed by atoms with Crippen LogP contribution in [0.4, 0.5) is 0 Å². The van der Waals surface area contributed by atoms with Crippen molar-refractivity contribution in [2.24, 2.45) is 0 Å². The number of hydrogen-bond donors (Lipinski definition) is 6. The molecule has 0 aliphatic carbocycles. The van der Waals surface area contributed by atoms with Crippen LogP contribution in [0.1, 0.15) is 2.85 Å². The van der Waals surface area contributed by atoms with E-state index in [0.29, 0.717) is 0 Å². The SMILES string of the molecule is O=C(O)C(O)C(O)C(O)C(O)C(=O)O.[Ca+2].[H-].[H-]. The van der Waals surface area contributed by atoms with E-state index in [0.717, 1.165) is 0 Å². The Labute approximate surface area is 117 Å². The second-order valence-corrected chi connectivity index (χ2v) is 2.55. The average Bonchev–Trinajstić information content (AvgIpc) is 2.12. The minimum atomic E-state index is -2.36. The van der Waals surface area contributed by atoms with E-state index in [1.54, 1.807) is 0 Å². The predicted octanol–water partition coefficient (Wildman–Crippen LogP) is -3.56. The molecule has 0 heterocycles. The van der Waals surface area contributed by atoms with Crippen molar-refractivity contribution >= 4 is 49.7 Å². The van der Waals surface area contributed by atoms with Gasteiger partial charge in [-0.2, -0.15) is 0 Å². The van der Waals surface area contributed by atoms with Crippen LogP contribution in [0.5, 0.6) is 0 Å². The third-order valence-corrected chi connectivity index (χ3v) is 1.50. The summed E-state index contributed by atoms with van der Waals surface area (Å²) >= 11 is 0. The monoisotopic (exact) mass is 252 g/mol. The van der Waals surface area contributed by atoms with Crippen molar-refractivity contribution in [1.82, 2.24) is 0 Å². The fraction of sp³-hybridized carbons (Fsp3) is 0.667. The van der Waals surface area contributed by atoms with Crippen molar-refractivity contribution in [3.05, 3.63) is 0 Å². The first-order valence-electron chi connectivity index (χ1n) is 3.47. The van der Waals surface area contributed by atoms with Crippen molar-refractivity contribution in [1.29, 1.82) is 0 Å². The number of aliphatic hydroxyl groups is 4. The molecule has 0 rings (SSSR count). The molecule has 0 spiro atoms. The molecule has 0 aliphatic rings. The van der Waals surface area contributed by atoms with E-state index in [-0.39, 0.29) is 40.6 Å². The summed E-state index contributed by atoms with van der Waals surface area (Å²) in [5.74, 6) is -3.68. The summed E-state index contributed by atoms with van der Waals surface area (Å²) < 4.78 is 0. The van der Waals surface area contributed by atoms with Crippen LogP contribution in [0.25, 0.3) is 0 Å².